The molecule has 1 heterocycles. The second kappa shape index (κ2) is 4.04. The van der Waals surface area contributed by atoms with Gasteiger partial charge in [-0.25, -0.2) is 0 Å². The van der Waals surface area contributed by atoms with Crippen LogP contribution in [0.5, 0.6) is 0 Å². The minimum absolute atomic E-state index is 0.129. The van der Waals surface area contributed by atoms with Gasteiger partial charge in [-0.1, -0.05) is 12.1 Å². The molecule has 0 aliphatic carbocycles. The smallest absolute Gasteiger partial charge is 0.305 e. The molecule has 0 saturated heterocycles. The Bertz CT molecular complexity index is 295. The number of aliphatic carboxylic acids is 1. The summed E-state index contributed by atoms with van der Waals surface area (Å²) >= 11 is 0. The van der Waals surface area contributed by atoms with Crippen LogP contribution in [0, 0.1) is 0 Å². The molecule has 1 rings (SSSR count). The molecule has 5 nitrogen and oxygen atoms in total. The van der Waals surface area contributed by atoms with Crippen LogP contribution in [0.3, 0.4) is 0 Å². The number of nitrogens with two attached hydrogens (primary N) is 1. The number of aromatic nitrogens is 1. The molecule has 0 aliphatic rings. The Morgan fingerprint density at radius 3 is 3.00 bits per heavy atom. The van der Waals surface area contributed by atoms with Gasteiger partial charge in [-0.15, -0.1) is 0 Å². The Morgan fingerprint density at radius 1 is 1.85 bits per heavy atom. The molecular weight excluding hydrogens is 172 g/mol. The second-order valence-electron chi connectivity index (χ2n) is 2.78. The number of nitrogens with zero attached hydrogens (tertiary/aromatic N) is 1. The molecule has 3 N–H and O–H groups in total. The first-order chi connectivity index (χ1) is 6.13. The Balaban J connectivity index is 2.65. The van der Waals surface area contributed by atoms with Crippen molar-refractivity contribution in [3.63, 3.8) is 0 Å². The molecule has 0 fully saturated rings. The number of hydrogen-bond donors (Lipinski definition) is 2. The molecule has 0 saturated carbocycles. The van der Waals surface area contributed by atoms with Crippen LogP contribution in [0.4, 0.5) is 0 Å². The highest BCUT2D eigenvalue weighted by Crippen LogP contribution is 2.14. The lowest BCUT2D eigenvalue weighted by Gasteiger charge is -2.01. The van der Waals surface area contributed by atoms with Crippen LogP contribution in [0.2, 0.25) is 0 Å². The quantitative estimate of drug-likeness (QED) is 0.719. The molecule has 72 valence electrons. The zero-order valence-corrected chi connectivity index (χ0v) is 7.36. The fourth-order valence-electron chi connectivity index (χ4n) is 0.963. The van der Waals surface area contributed by atoms with Gasteiger partial charge in [0.15, 0.2) is 0 Å². The minimum Gasteiger partial charge on any atom is -0.481 e. The highest BCUT2D eigenvalue weighted by molar-refractivity contribution is 5.67. The summed E-state index contributed by atoms with van der Waals surface area (Å²) in [6, 6.07) is 1.11. The third kappa shape index (κ3) is 2.55. The molecule has 1 aromatic heterocycles. The van der Waals surface area contributed by atoms with Gasteiger partial charge < -0.3 is 15.4 Å². The number of carboxylic acids is 1. The molecule has 0 aliphatic heterocycles. The van der Waals surface area contributed by atoms with Gasteiger partial charge >= 0.3 is 5.97 Å². The largest absolute Gasteiger partial charge is 0.481 e. The topological polar surface area (TPSA) is 89.4 Å². The molecule has 1 aromatic rings. The molecule has 0 spiro atoms. The van der Waals surface area contributed by atoms with Crippen molar-refractivity contribution >= 4 is 5.97 Å². The van der Waals surface area contributed by atoms with E-state index in [1.54, 1.807) is 6.07 Å². The number of carbonyl (C=O) groups is 1. The molecule has 13 heavy (non-hydrogen) atoms. The van der Waals surface area contributed by atoms with E-state index in [9.17, 15) is 4.79 Å². The van der Waals surface area contributed by atoms with Crippen LogP contribution >= 0.6 is 0 Å². The third-order valence-electron chi connectivity index (χ3n) is 1.70. The minimum atomic E-state index is -0.937. The third-order valence-corrected chi connectivity index (χ3v) is 1.70. The first kappa shape index (κ1) is 9.73. The fraction of sp³-hybridized carbons (Fsp3) is 0.500. The van der Waals surface area contributed by atoms with Crippen molar-refractivity contribution < 1.29 is 14.4 Å². The molecule has 0 bridgehead atoms. The van der Waals surface area contributed by atoms with Crippen molar-refractivity contribution in [3.05, 3.63) is 17.5 Å². The van der Waals surface area contributed by atoms with E-state index < -0.39 is 12.0 Å². The Hall–Kier alpha value is -1.36. The van der Waals surface area contributed by atoms with Crippen LogP contribution < -0.4 is 5.73 Å². The maximum Gasteiger partial charge on any atom is 0.305 e. The highest BCUT2D eigenvalue weighted by atomic mass is 16.5. The van der Waals surface area contributed by atoms with Gasteiger partial charge in [0, 0.05) is 12.5 Å². The Labute approximate surface area is 75.5 Å². The van der Waals surface area contributed by atoms with Crippen LogP contribution in [-0.2, 0) is 11.2 Å². The number of carboxylic acid groups (broad SMARTS) is 1. The summed E-state index contributed by atoms with van der Waals surface area (Å²) < 4.78 is 4.89. The van der Waals surface area contributed by atoms with Gasteiger partial charge in [-0.05, 0) is 0 Å². The number of hydrogen-bond acceptors (Lipinski definition) is 4. The van der Waals surface area contributed by atoms with Gasteiger partial charge in [0.2, 0.25) is 0 Å². The van der Waals surface area contributed by atoms with Crippen LogP contribution in [0.1, 0.15) is 30.8 Å². The van der Waals surface area contributed by atoms with Crippen LogP contribution in [0.15, 0.2) is 10.6 Å². The summed E-state index contributed by atoms with van der Waals surface area (Å²) in [5.74, 6) is -0.218. The summed E-state index contributed by atoms with van der Waals surface area (Å²) in [6.45, 7) is 1.92. The molecule has 0 amide bonds. The lowest BCUT2D eigenvalue weighted by Crippen LogP contribution is -2.15. The molecule has 1 unspecified atom stereocenters. The van der Waals surface area contributed by atoms with Crippen molar-refractivity contribution in [3.8, 4) is 0 Å². The Kier molecular flexibility index (Phi) is 3.02. The van der Waals surface area contributed by atoms with E-state index in [1.807, 2.05) is 6.92 Å². The summed E-state index contributed by atoms with van der Waals surface area (Å²) in [4.78, 5) is 10.3. The summed E-state index contributed by atoms with van der Waals surface area (Å²) in [7, 11) is 0. The average molecular weight is 184 g/mol. The van der Waals surface area contributed by atoms with Crippen molar-refractivity contribution in [1.82, 2.24) is 5.16 Å². The van der Waals surface area contributed by atoms with E-state index in [-0.39, 0.29) is 6.42 Å². The standard InChI is InChI=1S/C8H12N2O3/c1-2-5-3-7(10-13-5)6(9)4-8(11)12/h3,6H,2,4,9H2,1H3,(H,11,12). The predicted molar refractivity (Wildman–Crippen MR) is 45.1 cm³/mol. The van der Waals surface area contributed by atoms with Gasteiger partial charge in [0.25, 0.3) is 0 Å². The van der Waals surface area contributed by atoms with Gasteiger partial charge in [-0.2, -0.15) is 0 Å². The molecule has 1 atom stereocenters. The van der Waals surface area contributed by atoms with E-state index in [0.717, 1.165) is 12.2 Å². The van der Waals surface area contributed by atoms with E-state index >= 15 is 0 Å². The monoisotopic (exact) mass is 184 g/mol. The average Bonchev–Trinajstić information content (AvgIpc) is 2.50. The SMILES string of the molecule is CCc1cc(C(N)CC(=O)O)no1. The lowest BCUT2D eigenvalue weighted by molar-refractivity contribution is -0.137. The summed E-state index contributed by atoms with van der Waals surface area (Å²) in [6.07, 6.45) is 0.600. The van der Waals surface area contributed by atoms with Crippen molar-refractivity contribution in [2.75, 3.05) is 0 Å². The van der Waals surface area contributed by atoms with Crippen molar-refractivity contribution in [1.29, 1.82) is 0 Å². The fourth-order valence-corrected chi connectivity index (χ4v) is 0.963. The predicted octanol–water partition coefficient (Wildman–Crippen LogP) is 0.712. The molecule has 5 heteroatoms. The maximum absolute atomic E-state index is 10.3. The summed E-state index contributed by atoms with van der Waals surface area (Å²) in [5.41, 5.74) is 6.06. The van der Waals surface area contributed by atoms with Gasteiger partial charge in [0.05, 0.1) is 12.5 Å². The van der Waals surface area contributed by atoms with Gasteiger partial charge in [0.1, 0.15) is 11.5 Å². The second-order valence-corrected chi connectivity index (χ2v) is 2.78. The van der Waals surface area contributed by atoms with Crippen LogP contribution in [0.25, 0.3) is 0 Å². The van der Waals surface area contributed by atoms with E-state index in [1.165, 1.54) is 0 Å². The lowest BCUT2D eigenvalue weighted by atomic mass is 10.1. The first-order valence-electron chi connectivity index (χ1n) is 4.06. The van der Waals surface area contributed by atoms with Crippen molar-refractivity contribution in [2.45, 2.75) is 25.8 Å². The maximum atomic E-state index is 10.3. The Morgan fingerprint density at radius 2 is 2.54 bits per heavy atom. The van der Waals surface area contributed by atoms with Gasteiger partial charge in [-0.3, -0.25) is 4.79 Å². The summed E-state index contributed by atoms with van der Waals surface area (Å²) in [5, 5.41) is 12.1. The normalized spacial score (nSPS) is 12.8. The van der Waals surface area contributed by atoms with E-state index in [0.29, 0.717) is 5.69 Å². The first-order valence-corrected chi connectivity index (χ1v) is 4.06. The zero-order chi connectivity index (χ0) is 9.84. The molecular formula is C8H12N2O3. The van der Waals surface area contributed by atoms with Crippen molar-refractivity contribution in [2.24, 2.45) is 5.73 Å². The highest BCUT2D eigenvalue weighted by Gasteiger charge is 2.14. The molecule has 0 radical (unpaired) electrons. The number of aryl methyl sites for hydroxylation is 1. The van der Waals surface area contributed by atoms with E-state index in [2.05, 4.69) is 5.16 Å². The number of rotatable bonds is 4. The van der Waals surface area contributed by atoms with Crippen LogP contribution in [-0.4, -0.2) is 16.2 Å². The van der Waals surface area contributed by atoms with E-state index in [4.69, 9.17) is 15.4 Å². The zero-order valence-electron chi connectivity index (χ0n) is 7.36. The molecule has 0 aromatic carbocycles.